The molecule has 1 fully saturated rings. The van der Waals surface area contributed by atoms with E-state index in [1.54, 1.807) is 31.3 Å². The average molecular weight is 367 g/mol. The summed E-state index contributed by atoms with van der Waals surface area (Å²) >= 11 is 0. The number of carbonyl (C=O) groups is 1. The van der Waals surface area contributed by atoms with Crippen LogP contribution in [-0.4, -0.2) is 25.5 Å². The summed E-state index contributed by atoms with van der Waals surface area (Å²) in [7, 11) is 0. The number of benzene rings is 1. The fourth-order valence-corrected chi connectivity index (χ4v) is 3.71. The second kappa shape index (κ2) is 7.34. The Balaban J connectivity index is 1.57. The van der Waals surface area contributed by atoms with Crippen molar-refractivity contribution in [1.82, 2.24) is 19.6 Å². The molecule has 7 heteroatoms. The lowest BCUT2D eigenvalue weighted by atomic mass is 9.96. The van der Waals surface area contributed by atoms with Gasteiger partial charge in [-0.25, -0.2) is 13.8 Å². The first-order valence-corrected chi connectivity index (χ1v) is 9.29. The zero-order valence-electron chi connectivity index (χ0n) is 15.2. The summed E-state index contributed by atoms with van der Waals surface area (Å²) in [6.45, 7) is 1.76. The van der Waals surface area contributed by atoms with Crippen molar-refractivity contribution in [2.45, 2.75) is 45.1 Å². The van der Waals surface area contributed by atoms with Crippen LogP contribution >= 0.6 is 0 Å². The number of rotatable bonds is 4. The first-order valence-electron chi connectivity index (χ1n) is 9.29. The monoisotopic (exact) mass is 367 g/mol. The van der Waals surface area contributed by atoms with Gasteiger partial charge in [0.05, 0.1) is 29.7 Å². The quantitative estimate of drug-likeness (QED) is 0.749. The minimum Gasteiger partial charge on any atom is -0.307 e. The van der Waals surface area contributed by atoms with Crippen LogP contribution in [0.5, 0.6) is 0 Å². The van der Waals surface area contributed by atoms with Crippen molar-refractivity contribution >= 4 is 11.7 Å². The van der Waals surface area contributed by atoms with Crippen molar-refractivity contribution in [1.29, 1.82) is 0 Å². The van der Waals surface area contributed by atoms with Crippen LogP contribution in [0.15, 0.2) is 42.7 Å². The highest BCUT2D eigenvalue weighted by atomic mass is 19.1. The van der Waals surface area contributed by atoms with Gasteiger partial charge in [0.2, 0.25) is 0 Å². The van der Waals surface area contributed by atoms with Crippen LogP contribution < -0.4 is 5.32 Å². The molecule has 2 aromatic heterocycles. The highest BCUT2D eigenvalue weighted by Gasteiger charge is 2.21. The molecule has 2 heterocycles. The normalized spacial score (nSPS) is 15.0. The minimum atomic E-state index is -0.383. The molecule has 1 aliphatic carbocycles. The van der Waals surface area contributed by atoms with Gasteiger partial charge in [-0.1, -0.05) is 31.4 Å². The maximum Gasteiger partial charge on any atom is 0.260 e. The van der Waals surface area contributed by atoms with Crippen molar-refractivity contribution in [3.63, 3.8) is 0 Å². The fourth-order valence-electron chi connectivity index (χ4n) is 3.71. The molecule has 0 bridgehead atoms. The molecule has 27 heavy (non-hydrogen) atoms. The summed E-state index contributed by atoms with van der Waals surface area (Å²) in [5.41, 5.74) is 1.32. The predicted molar refractivity (Wildman–Crippen MR) is 101 cm³/mol. The molecule has 4 rings (SSSR count). The van der Waals surface area contributed by atoms with Gasteiger partial charge >= 0.3 is 0 Å². The second-order valence-corrected chi connectivity index (χ2v) is 6.91. The Labute approximate surface area is 157 Å². The largest absolute Gasteiger partial charge is 0.307 e. The van der Waals surface area contributed by atoms with Crippen LogP contribution in [-0.2, 0) is 0 Å². The highest BCUT2D eigenvalue weighted by molar-refractivity contribution is 6.04. The maximum absolute atomic E-state index is 14.1. The molecular weight excluding hydrogens is 345 g/mol. The smallest absolute Gasteiger partial charge is 0.260 e. The van der Waals surface area contributed by atoms with Crippen LogP contribution in [0.25, 0.3) is 5.69 Å². The van der Waals surface area contributed by atoms with Crippen molar-refractivity contribution < 1.29 is 9.18 Å². The minimum absolute atomic E-state index is 0.271. The molecule has 0 saturated heterocycles. The summed E-state index contributed by atoms with van der Waals surface area (Å²) in [6.07, 6.45) is 8.97. The van der Waals surface area contributed by atoms with E-state index in [1.807, 2.05) is 10.7 Å². The highest BCUT2D eigenvalue weighted by Crippen LogP contribution is 2.30. The number of hydrogen-bond acceptors (Lipinski definition) is 3. The Morgan fingerprint density at radius 2 is 1.93 bits per heavy atom. The van der Waals surface area contributed by atoms with E-state index in [4.69, 9.17) is 0 Å². The van der Waals surface area contributed by atoms with E-state index in [1.165, 1.54) is 36.2 Å². The van der Waals surface area contributed by atoms with E-state index in [0.29, 0.717) is 28.8 Å². The molecule has 0 unspecified atom stereocenters. The molecule has 140 valence electrons. The lowest BCUT2D eigenvalue weighted by Gasteiger charge is -2.23. The van der Waals surface area contributed by atoms with Crippen molar-refractivity contribution in [3.05, 3.63) is 59.8 Å². The van der Waals surface area contributed by atoms with Gasteiger partial charge in [0, 0.05) is 6.07 Å². The summed E-state index contributed by atoms with van der Waals surface area (Å²) in [5.74, 6) is 0.0311. The predicted octanol–water partition coefficient (Wildman–Crippen LogP) is 4.27. The Morgan fingerprint density at radius 1 is 1.15 bits per heavy atom. The van der Waals surface area contributed by atoms with Gasteiger partial charge in [-0.15, -0.1) is 0 Å². The molecule has 0 radical (unpaired) electrons. The number of hydrogen-bond donors (Lipinski definition) is 1. The Hall–Kier alpha value is -2.96. The van der Waals surface area contributed by atoms with Crippen LogP contribution in [0.1, 0.15) is 54.2 Å². The van der Waals surface area contributed by atoms with E-state index < -0.39 is 0 Å². The number of aromatic nitrogens is 4. The fraction of sp³-hybridized carbons (Fsp3) is 0.350. The molecule has 0 atom stereocenters. The lowest BCUT2D eigenvalue weighted by molar-refractivity contribution is 0.102. The van der Waals surface area contributed by atoms with Crippen LogP contribution in [0.3, 0.4) is 0 Å². The standard InChI is InChI=1S/C20H22FN5O/c1-14-16(13-23-25(14)18-10-6-5-9-17(18)21)20(27)24-19-11-12-22-26(19)15-7-3-2-4-8-15/h5-6,9-13,15H,2-4,7-8H2,1H3,(H,24,27). The van der Waals surface area contributed by atoms with Crippen molar-refractivity contribution in [3.8, 4) is 5.69 Å². The van der Waals surface area contributed by atoms with Crippen LogP contribution in [0.4, 0.5) is 10.2 Å². The molecule has 1 aliphatic rings. The van der Waals surface area contributed by atoms with Crippen LogP contribution in [0.2, 0.25) is 0 Å². The average Bonchev–Trinajstić information content (AvgIpc) is 3.29. The summed E-state index contributed by atoms with van der Waals surface area (Å²) in [6, 6.07) is 8.50. The Bertz CT molecular complexity index is 955. The number of halogens is 1. The third-order valence-electron chi connectivity index (χ3n) is 5.17. The molecule has 0 spiro atoms. The molecular formula is C20H22FN5O. The summed E-state index contributed by atoms with van der Waals surface area (Å²) < 4.78 is 17.4. The molecule has 0 aliphatic heterocycles. The number of nitrogens with zero attached hydrogens (tertiary/aromatic N) is 4. The second-order valence-electron chi connectivity index (χ2n) is 6.91. The molecule has 3 aromatic rings. The van der Waals surface area contributed by atoms with E-state index in [9.17, 15) is 9.18 Å². The number of anilines is 1. The topological polar surface area (TPSA) is 64.7 Å². The van der Waals surface area contributed by atoms with Crippen molar-refractivity contribution in [2.24, 2.45) is 0 Å². The van der Waals surface area contributed by atoms with Gasteiger partial charge < -0.3 is 5.32 Å². The SMILES string of the molecule is Cc1c(C(=O)Nc2ccnn2C2CCCCC2)cnn1-c1ccccc1F. The van der Waals surface area contributed by atoms with Gasteiger partial charge in [0.15, 0.2) is 0 Å². The summed E-state index contributed by atoms with van der Waals surface area (Å²) in [5, 5.41) is 11.5. The zero-order valence-corrected chi connectivity index (χ0v) is 15.2. The lowest BCUT2D eigenvalue weighted by Crippen LogP contribution is -2.20. The Kier molecular flexibility index (Phi) is 4.75. The van der Waals surface area contributed by atoms with Gasteiger partial charge in [-0.3, -0.25) is 4.79 Å². The van der Waals surface area contributed by atoms with Gasteiger partial charge in [-0.05, 0) is 31.9 Å². The number of amides is 1. The van der Waals surface area contributed by atoms with E-state index >= 15 is 0 Å². The first kappa shape index (κ1) is 17.5. The number of para-hydroxylation sites is 1. The molecule has 1 amide bonds. The zero-order chi connectivity index (χ0) is 18.8. The third kappa shape index (κ3) is 3.37. The van der Waals surface area contributed by atoms with Gasteiger partial charge in [0.1, 0.15) is 17.3 Å². The first-order chi connectivity index (χ1) is 13.1. The van der Waals surface area contributed by atoms with Gasteiger partial charge in [-0.2, -0.15) is 10.2 Å². The van der Waals surface area contributed by atoms with E-state index in [-0.39, 0.29) is 11.7 Å². The third-order valence-corrected chi connectivity index (χ3v) is 5.17. The Morgan fingerprint density at radius 3 is 2.70 bits per heavy atom. The number of nitrogens with one attached hydrogen (secondary N) is 1. The molecule has 1 saturated carbocycles. The maximum atomic E-state index is 14.1. The van der Waals surface area contributed by atoms with E-state index in [0.717, 1.165) is 12.8 Å². The number of carbonyl (C=O) groups excluding carboxylic acids is 1. The van der Waals surface area contributed by atoms with Crippen LogP contribution in [0, 0.1) is 12.7 Å². The van der Waals surface area contributed by atoms with E-state index in [2.05, 4.69) is 15.5 Å². The summed E-state index contributed by atoms with van der Waals surface area (Å²) in [4.78, 5) is 12.8. The molecule has 6 nitrogen and oxygen atoms in total. The van der Waals surface area contributed by atoms with Gasteiger partial charge in [0.25, 0.3) is 5.91 Å². The molecule has 1 aromatic carbocycles. The van der Waals surface area contributed by atoms with Crippen molar-refractivity contribution in [2.75, 3.05) is 5.32 Å². The molecule has 1 N–H and O–H groups in total.